The van der Waals surface area contributed by atoms with Gasteiger partial charge >= 0.3 is 0 Å². The maximum Gasteiger partial charge on any atom is 0.261 e. The normalized spacial score (nSPS) is 9.68. The van der Waals surface area contributed by atoms with Gasteiger partial charge in [-0.05, 0) is 48.0 Å². The lowest BCUT2D eigenvalue weighted by atomic mass is 10.1. The second kappa shape index (κ2) is 8.97. The van der Waals surface area contributed by atoms with E-state index in [1.165, 1.54) is 6.08 Å². The number of para-hydroxylation sites is 2. The Morgan fingerprint density at radius 2 is 1.18 bits per heavy atom. The minimum absolute atomic E-state index is 0.0441. The van der Waals surface area contributed by atoms with Gasteiger partial charge in [-0.25, -0.2) is 0 Å². The molecule has 0 unspecified atom stereocenters. The number of anilines is 2. The summed E-state index contributed by atoms with van der Waals surface area (Å²) in [5.74, 6) is -1.05. The molecule has 3 aromatic carbocycles. The van der Waals surface area contributed by atoms with Crippen LogP contribution in [0.5, 0.6) is 0 Å². The highest BCUT2D eigenvalue weighted by Crippen LogP contribution is 2.15. The van der Waals surface area contributed by atoms with E-state index in [0.717, 1.165) is 0 Å². The molecule has 0 aliphatic carbocycles. The van der Waals surface area contributed by atoms with Crippen molar-refractivity contribution >= 4 is 29.3 Å². The van der Waals surface area contributed by atoms with Crippen LogP contribution in [-0.2, 0) is 9.59 Å². The molecule has 2 amide bonds. The molecule has 0 saturated carbocycles. The molecule has 0 fully saturated rings. The summed E-state index contributed by atoms with van der Waals surface area (Å²) >= 11 is 0. The summed E-state index contributed by atoms with van der Waals surface area (Å²) in [6.07, 6.45) is 1.50. The van der Waals surface area contributed by atoms with Crippen LogP contribution in [0.25, 0.3) is 6.08 Å². The predicted molar refractivity (Wildman–Crippen MR) is 109 cm³/mol. The number of carbonyl (C=O) groups excluding carboxylic acids is 2. The van der Waals surface area contributed by atoms with Crippen LogP contribution in [0.1, 0.15) is 11.1 Å². The quantitative estimate of drug-likeness (QED) is 0.402. The number of nitrogens with one attached hydrogen (secondary N) is 2. The zero-order chi connectivity index (χ0) is 19.8. The first-order chi connectivity index (χ1) is 13.7. The molecule has 0 aliphatic rings. The number of hydrogen-bond acceptors (Lipinski definition) is 3. The van der Waals surface area contributed by atoms with Crippen molar-refractivity contribution in [2.45, 2.75) is 0 Å². The molecule has 0 bridgehead atoms. The fourth-order valence-electron chi connectivity index (χ4n) is 2.49. The van der Waals surface area contributed by atoms with Gasteiger partial charge < -0.3 is 10.6 Å². The zero-order valence-corrected chi connectivity index (χ0v) is 14.9. The smallest absolute Gasteiger partial charge is 0.261 e. The number of amides is 2. The van der Waals surface area contributed by atoms with Gasteiger partial charge in [-0.2, -0.15) is 5.26 Å². The Labute approximate surface area is 162 Å². The van der Waals surface area contributed by atoms with Gasteiger partial charge in [0.1, 0.15) is 5.57 Å². The second-order valence-corrected chi connectivity index (χ2v) is 5.93. The Morgan fingerprint density at radius 3 is 1.61 bits per heavy atom. The topological polar surface area (TPSA) is 82.0 Å². The minimum Gasteiger partial charge on any atom is -0.322 e. The molecule has 3 rings (SSSR count). The first-order valence-electron chi connectivity index (χ1n) is 8.60. The highest BCUT2D eigenvalue weighted by molar-refractivity contribution is 6.28. The van der Waals surface area contributed by atoms with Gasteiger partial charge in [0, 0.05) is 11.4 Å². The summed E-state index contributed by atoms with van der Waals surface area (Å²) in [5, 5.41) is 14.4. The van der Waals surface area contributed by atoms with E-state index in [1.807, 2.05) is 18.2 Å². The average molecular weight is 367 g/mol. The maximum atomic E-state index is 12.8. The largest absolute Gasteiger partial charge is 0.322 e. The van der Waals surface area contributed by atoms with Gasteiger partial charge in [-0.15, -0.1) is 0 Å². The lowest BCUT2D eigenvalue weighted by Gasteiger charge is -2.10. The van der Waals surface area contributed by atoms with Crippen molar-refractivity contribution in [3.8, 4) is 6.07 Å². The van der Waals surface area contributed by atoms with Crippen LogP contribution in [0.2, 0.25) is 0 Å². The van der Waals surface area contributed by atoms with Crippen LogP contribution >= 0.6 is 0 Å². The van der Waals surface area contributed by atoms with Gasteiger partial charge in [-0.1, -0.05) is 48.5 Å². The standard InChI is InChI=1S/C23H17N3O2/c24-16-18-13-11-17(12-14-18)15-21(22(27)25-19-7-3-1-4-8-19)23(28)26-20-9-5-2-6-10-20/h1-15H,(H,25,27)(H,26,28). The van der Waals surface area contributed by atoms with Crippen molar-refractivity contribution in [2.24, 2.45) is 0 Å². The van der Waals surface area contributed by atoms with Gasteiger partial charge in [-0.3, -0.25) is 9.59 Å². The van der Waals surface area contributed by atoms with E-state index in [4.69, 9.17) is 5.26 Å². The summed E-state index contributed by atoms with van der Waals surface area (Å²) in [7, 11) is 0. The number of carbonyl (C=O) groups is 2. The Balaban J connectivity index is 1.90. The lowest BCUT2D eigenvalue weighted by molar-refractivity contribution is -0.118. The third kappa shape index (κ3) is 4.93. The highest BCUT2D eigenvalue weighted by atomic mass is 16.2. The number of rotatable bonds is 5. The first-order valence-corrected chi connectivity index (χ1v) is 8.60. The van der Waals surface area contributed by atoms with Crippen molar-refractivity contribution in [2.75, 3.05) is 10.6 Å². The fraction of sp³-hybridized carbons (Fsp3) is 0. The minimum atomic E-state index is -0.524. The lowest BCUT2D eigenvalue weighted by Crippen LogP contribution is -2.25. The van der Waals surface area contributed by atoms with Crippen molar-refractivity contribution in [3.63, 3.8) is 0 Å². The molecule has 3 aromatic rings. The molecule has 0 atom stereocenters. The summed E-state index contributed by atoms with van der Waals surface area (Å²) in [5.41, 5.74) is 2.27. The second-order valence-electron chi connectivity index (χ2n) is 5.93. The molecule has 136 valence electrons. The average Bonchev–Trinajstić information content (AvgIpc) is 2.73. The summed E-state index contributed by atoms with van der Waals surface area (Å²) in [6.45, 7) is 0. The Morgan fingerprint density at radius 1 is 0.714 bits per heavy atom. The number of nitriles is 1. The predicted octanol–water partition coefficient (Wildman–Crippen LogP) is 4.22. The van der Waals surface area contributed by atoms with Crippen LogP contribution in [-0.4, -0.2) is 11.8 Å². The van der Waals surface area contributed by atoms with Crippen molar-refractivity contribution in [1.82, 2.24) is 0 Å². The van der Waals surface area contributed by atoms with Crippen molar-refractivity contribution in [3.05, 3.63) is 102 Å². The van der Waals surface area contributed by atoms with E-state index < -0.39 is 11.8 Å². The molecule has 0 radical (unpaired) electrons. The summed E-state index contributed by atoms with van der Waals surface area (Å²) in [4.78, 5) is 25.6. The summed E-state index contributed by atoms with van der Waals surface area (Å²) in [6, 6.07) is 26.5. The molecule has 28 heavy (non-hydrogen) atoms. The number of benzene rings is 3. The van der Waals surface area contributed by atoms with E-state index in [0.29, 0.717) is 22.5 Å². The van der Waals surface area contributed by atoms with E-state index in [-0.39, 0.29) is 5.57 Å². The third-order valence-corrected chi connectivity index (χ3v) is 3.90. The van der Waals surface area contributed by atoms with Gasteiger partial charge in [0.25, 0.3) is 11.8 Å². The fourth-order valence-corrected chi connectivity index (χ4v) is 2.49. The molecule has 0 heterocycles. The van der Waals surface area contributed by atoms with Crippen molar-refractivity contribution < 1.29 is 9.59 Å². The molecule has 5 nitrogen and oxygen atoms in total. The molecule has 2 N–H and O–H groups in total. The van der Waals surface area contributed by atoms with Crippen LogP contribution in [0.4, 0.5) is 11.4 Å². The van der Waals surface area contributed by atoms with Crippen LogP contribution < -0.4 is 10.6 Å². The monoisotopic (exact) mass is 367 g/mol. The van der Waals surface area contributed by atoms with Crippen molar-refractivity contribution in [1.29, 1.82) is 5.26 Å². The molecule has 0 aliphatic heterocycles. The zero-order valence-electron chi connectivity index (χ0n) is 14.9. The van der Waals surface area contributed by atoms with Crippen LogP contribution in [0.15, 0.2) is 90.5 Å². The van der Waals surface area contributed by atoms with Crippen LogP contribution in [0, 0.1) is 11.3 Å². The Hall–Kier alpha value is -4.17. The number of hydrogen-bond donors (Lipinski definition) is 2. The Kier molecular flexibility index (Phi) is 5.96. The summed E-state index contributed by atoms with van der Waals surface area (Å²) < 4.78 is 0. The van der Waals surface area contributed by atoms with E-state index in [9.17, 15) is 9.59 Å². The number of nitrogens with zero attached hydrogens (tertiary/aromatic N) is 1. The highest BCUT2D eigenvalue weighted by Gasteiger charge is 2.19. The van der Waals surface area contributed by atoms with E-state index in [1.54, 1.807) is 72.8 Å². The third-order valence-electron chi connectivity index (χ3n) is 3.90. The maximum absolute atomic E-state index is 12.8. The molecular weight excluding hydrogens is 350 g/mol. The molecular formula is C23H17N3O2. The van der Waals surface area contributed by atoms with E-state index in [2.05, 4.69) is 10.6 Å². The van der Waals surface area contributed by atoms with E-state index >= 15 is 0 Å². The van der Waals surface area contributed by atoms with Crippen LogP contribution in [0.3, 0.4) is 0 Å². The SMILES string of the molecule is N#Cc1ccc(C=C(C(=O)Nc2ccccc2)C(=O)Nc2ccccc2)cc1. The molecule has 0 spiro atoms. The van der Waals surface area contributed by atoms with Gasteiger partial charge in [0.2, 0.25) is 0 Å². The molecule has 5 heteroatoms. The van der Waals surface area contributed by atoms with Gasteiger partial charge in [0.05, 0.1) is 11.6 Å². The Bertz CT molecular complexity index is 979. The molecule has 0 saturated heterocycles. The molecule has 0 aromatic heterocycles. The first kappa shape index (κ1) is 18.6. The van der Waals surface area contributed by atoms with Gasteiger partial charge in [0.15, 0.2) is 0 Å².